The van der Waals surface area contributed by atoms with Crippen LogP contribution in [0.15, 0.2) is 0 Å². The van der Waals surface area contributed by atoms with Gasteiger partial charge in [0.2, 0.25) is 0 Å². The average Bonchev–Trinajstić information content (AvgIpc) is 3.08. The second kappa shape index (κ2) is 6.23. The van der Waals surface area contributed by atoms with Gasteiger partial charge in [0.05, 0.1) is 13.0 Å². The van der Waals surface area contributed by atoms with Crippen LogP contribution in [0, 0.1) is 5.92 Å². The summed E-state index contributed by atoms with van der Waals surface area (Å²) in [5.41, 5.74) is 0. The lowest BCUT2D eigenvalue weighted by Crippen LogP contribution is -2.53. The summed E-state index contributed by atoms with van der Waals surface area (Å²) in [5, 5.41) is 20.8. The highest BCUT2D eigenvalue weighted by Crippen LogP contribution is 2.34. The van der Waals surface area contributed by atoms with Gasteiger partial charge in [-0.05, 0) is 38.0 Å². The quantitative estimate of drug-likeness (QED) is 0.638. The monoisotopic (exact) mass is 270 g/mol. The smallest absolute Gasteiger partial charge is 0.317 e. The number of aliphatic hydroxyl groups is 1. The van der Waals surface area contributed by atoms with Crippen molar-refractivity contribution in [1.82, 2.24) is 10.2 Å². The molecule has 3 N–H and O–H groups in total. The molecular formula is C13H22N2O4. The molecule has 0 heterocycles. The van der Waals surface area contributed by atoms with Crippen molar-refractivity contribution < 1.29 is 19.8 Å². The molecule has 2 fully saturated rings. The number of aliphatic hydroxyl groups excluding tert-OH is 1. The molecule has 2 saturated carbocycles. The van der Waals surface area contributed by atoms with Crippen LogP contribution < -0.4 is 5.32 Å². The fourth-order valence-corrected chi connectivity index (χ4v) is 2.52. The summed E-state index contributed by atoms with van der Waals surface area (Å²) in [6, 6.07) is -0.292. The van der Waals surface area contributed by atoms with Crippen LogP contribution in [-0.4, -0.2) is 52.3 Å². The lowest BCUT2D eigenvalue weighted by molar-refractivity contribution is -0.137. The van der Waals surface area contributed by atoms with Gasteiger partial charge in [0, 0.05) is 18.6 Å². The Morgan fingerprint density at radius 2 is 1.95 bits per heavy atom. The van der Waals surface area contributed by atoms with E-state index in [1.165, 1.54) is 0 Å². The molecule has 6 nitrogen and oxygen atoms in total. The molecule has 6 heteroatoms. The number of nitrogens with one attached hydrogen (secondary N) is 1. The first-order chi connectivity index (χ1) is 9.11. The number of hydrogen-bond acceptors (Lipinski definition) is 3. The third-order valence-electron chi connectivity index (χ3n) is 4.01. The van der Waals surface area contributed by atoms with Crippen LogP contribution in [0.5, 0.6) is 0 Å². The fraction of sp³-hybridized carbons (Fsp3) is 0.846. The summed E-state index contributed by atoms with van der Waals surface area (Å²) in [4.78, 5) is 24.7. The maximum Gasteiger partial charge on any atom is 0.317 e. The predicted molar refractivity (Wildman–Crippen MR) is 68.7 cm³/mol. The second-order valence-corrected chi connectivity index (χ2v) is 5.49. The number of nitrogens with zero attached hydrogens (tertiary/aromatic N) is 1. The van der Waals surface area contributed by atoms with Crippen LogP contribution in [0.4, 0.5) is 4.79 Å². The van der Waals surface area contributed by atoms with Gasteiger partial charge in [0.1, 0.15) is 0 Å². The normalized spacial score (nSPS) is 20.5. The number of urea groups is 1. The second-order valence-electron chi connectivity index (χ2n) is 5.49. The zero-order valence-corrected chi connectivity index (χ0v) is 11.0. The van der Waals surface area contributed by atoms with Gasteiger partial charge in [-0.25, -0.2) is 4.79 Å². The Hall–Kier alpha value is -1.30. The molecule has 2 amide bonds. The molecule has 2 aliphatic rings. The minimum absolute atomic E-state index is 0.0198. The van der Waals surface area contributed by atoms with E-state index >= 15 is 0 Å². The van der Waals surface area contributed by atoms with E-state index in [9.17, 15) is 9.59 Å². The van der Waals surface area contributed by atoms with E-state index in [4.69, 9.17) is 10.2 Å². The topological polar surface area (TPSA) is 89.9 Å². The highest BCUT2D eigenvalue weighted by Gasteiger charge is 2.36. The van der Waals surface area contributed by atoms with Crippen LogP contribution in [0.3, 0.4) is 0 Å². The molecule has 0 aromatic rings. The number of carboxylic acid groups (broad SMARTS) is 1. The minimum atomic E-state index is -0.880. The summed E-state index contributed by atoms with van der Waals surface area (Å²) in [6.45, 7) is 0.262. The summed E-state index contributed by atoms with van der Waals surface area (Å²) in [5.74, 6) is -0.577. The zero-order chi connectivity index (χ0) is 13.8. The maximum atomic E-state index is 12.2. The van der Waals surface area contributed by atoms with Gasteiger partial charge in [0.25, 0.3) is 0 Å². The highest BCUT2D eigenvalue weighted by molar-refractivity contribution is 5.76. The third-order valence-corrected chi connectivity index (χ3v) is 4.01. The molecule has 19 heavy (non-hydrogen) atoms. The SMILES string of the molecule is O=C(O)CC(NC(=O)N(CCO)C1CCC1)C1CC1. The molecule has 1 unspecified atom stereocenters. The maximum absolute atomic E-state index is 12.2. The summed E-state index contributed by atoms with van der Waals surface area (Å²) < 4.78 is 0. The van der Waals surface area contributed by atoms with E-state index in [0.717, 1.165) is 32.1 Å². The van der Waals surface area contributed by atoms with Crippen molar-refractivity contribution in [3.05, 3.63) is 0 Å². The largest absolute Gasteiger partial charge is 0.481 e. The number of carbonyl (C=O) groups excluding carboxylic acids is 1. The van der Waals surface area contributed by atoms with Crippen molar-refractivity contribution in [1.29, 1.82) is 0 Å². The predicted octanol–water partition coefficient (Wildman–Crippen LogP) is 0.796. The molecule has 108 valence electrons. The van der Waals surface area contributed by atoms with Crippen molar-refractivity contribution in [3.63, 3.8) is 0 Å². The van der Waals surface area contributed by atoms with Crippen molar-refractivity contribution in [2.24, 2.45) is 5.92 Å². The van der Waals surface area contributed by atoms with E-state index in [1.807, 2.05) is 0 Å². The number of carboxylic acids is 1. The highest BCUT2D eigenvalue weighted by atomic mass is 16.4. The average molecular weight is 270 g/mol. The van der Waals surface area contributed by atoms with Crippen LogP contribution in [0.1, 0.15) is 38.5 Å². The van der Waals surface area contributed by atoms with Crippen LogP contribution in [0.2, 0.25) is 0 Å². The number of amides is 2. The van der Waals surface area contributed by atoms with Crippen molar-refractivity contribution >= 4 is 12.0 Å². The third kappa shape index (κ3) is 3.83. The first-order valence-electron chi connectivity index (χ1n) is 7.01. The first-order valence-corrected chi connectivity index (χ1v) is 7.01. The van der Waals surface area contributed by atoms with Crippen LogP contribution >= 0.6 is 0 Å². The van der Waals surface area contributed by atoms with Crippen LogP contribution in [0.25, 0.3) is 0 Å². The van der Waals surface area contributed by atoms with Crippen molar-refractivity contribution in [2.45, 2.75) is 50.6 Å². The number of hydrogen-bond donors (Lipinski definition) is 3. The fourth-order valence-electron chi connectivity index (χ4n) is 2.52. The summed E-state index contributed by atoms with van der Waals surface area (Å²) in [6.07, 6.45) is 5.01. The molecule has 0 aliphatic heterocycles. The number of aliphatic carboxylic acids is 1. The van der Waals surface area contributed by atoms with Gasteiger partial charge in [0.15, 0.2) is 0 Å². The molecule has 0 spiro atoms. The number of carbonyl (C=O) groups is 2. The first kappa shape index (κ1) is 14.1. The summed E-state index contributed by atoms with van der Waals surface area (Å²) in [7, 11) is 0. The number of rotatable bonds is 7. The van der Waals surface area contributed by atoms with E-state index in [2.05, 4.69) is 5.32 Å². The van der Waals surface area contributed by atoms with Gasteiger partial charge in [-0.2, -0.15) is 0 Å². The standard InChI is InChI=1S/C13H22N2O4/c16-7-6-15(10-2-1-3-10)13(19)14-11(8-12(17)18)9-4-5-9/h9-11,16H,1-8H2,(H,14,19)(H,17,18). The molecule has 1 atom stereocenters. The molecule has 2 rings (SSSR count). The van der Waals surface area contributed by atoms with E-state index in [-0.39, 0.29) is 31.1 Å². The van der Waals surface area contributed by atoms with Crippen molar-refractivity contribution in [2.75, 3.05) is 13.2 Å². The van der Waals surface area contributed by atoms with Gasteiger partial charge in [-0.3, -0.25) is 4.79 Å². The minimum Gasteiger partial charge on any atom is -0.481 e. The Kier molecular flexibility index (Phi) is 4.63. The van der Waals surface area contributed by atoms with E-state index < -0.39 is 5.97 Å². The molecule has 2 aliphatic carbocycles. The van der Waals surface area contributed by atoms with Gasteiger partial charge in [-0.1, -0.05) is 0 Å². The Morgan fingerprint density at radius 1 is 1.26 bits per heavy atom. The lowest BCUT2D eigenvalue weighted by Gasteiger charge is -2.38. The van der Waals surface area contributed by atoms with E-state index in [0.29, 0.717) is 12.5 Å². The van der Waals surface area contributed by atoms with Gasteiger partial charge >= 0.3 is 12.0 Å². The lowest BCUT2D eigenvalue weighted by atomic mass is 9.91. The molecular weight excluding hydrogens is 248 g/mol. The Morgan fingerprint density at radius 3 is 2.37 bits per heavy atom. The summed E-state index contributed by atoms with van der Waals surface area (Å²) >= 11 is 0. The molecule has 0 bridgehead atoms. The zero-order valence-electron chi connectivity index (χ0n) is 11.0. The van der Waals surface area contributed by atoms with E-state index in [1.54, 1.807) is 4.90 Å². The Labute approximate surface area is 112 Å². The van der Waals surface area contributed by atoms with Gasteiger partial charge in [-0.15, -0.1) is 0 Å². The molecule has 0 aromatic heterocycles. The van der Waals surface area contributed by atoms with Crippen LogP contribution in [-0.2, 0) is 4.79 Å². The Bertz CT molecular complexity index is 340. The van der Waals surface area contributed by atoms with Gasteiger partial charge < -0.3 is 20.4 Å². The Balaban J connectivity index is 1.89. The molecule has 0 saturated heterocycles. The molecule has 0 aromatic carbocycles. The van der Waals surface area contributed by atoms with Crippen molar-refractivity contribution in [3.8, 4) is 0 Å². The molecule has 0 radical (unpaired) electrons.